The molecule has 0 aliphatic rings. The molecule has 0 saturated heterocycles. The molecule has 0 radical (unpaired) electrons. The first kappa shape index (κ1) is 18.5. The molecule has 0 saturated carbocycles. The second kappa shape index (κ2) is 8.31. The van der Waals surface area contributed by atoms with Crippen LogP contribution in [0.15, 0.2) is 46.9 Å². The number of hydrogen-bond donors (Lipinski definition) is 0. The molecule has 0 unspecified atom stereocenters. The fraction of sp³-hybridized carbons (Fsp3) is 0.222. The van der Waals surface area contributed by atoms with Crippen molar-refractivity contribution < 1.29 is 19.1 Å². The van der Waals surface area contributed by atoms with Gasteiger partial charge in [-0.15, -0.1) is 0 Å². The predicted octanol–water partition coefficient (Wildman–Crippen LogP) is 4.93. The number of hydrogen-bond acceptors (Lipinski definition) is 4. The summed E-state index contributed by atoms with van der Waals surface area (Å²) >= 11 is 9.27. The number of carbonyl (C=O) groups is 2. The summed E-state index contributed by atoms with van der Waals surface area (Å²) in [4.78, 5) is 24.6. The maximum atomic E-state index is 12.4. The van der Waals surface area contributed by atoms with Gasteiger partial charge in [0.15, 0.2) is 6.10 Å². The lowest BCUT2D eigenvalue weighted by atomic mass is 10.1. The molecule has 0 amide bonds. The van der Waals surface area contributed by atoms with Crippen LogP contribution < -0.4 is 4.74 Å². The summed E-state index contributed by atoms with van der Waals surface area (Å²) in [6.45, 7) is 3.96. The molecule has 0 aliphatic carbocycles. The Morgan fingerprint density at radius 1 is 1.17 bits per heavy atom. The minimum atomic E-state index is -0.925. The largest absolute Gasteiger partial charge is 0.494 e. The third-order valence-electron chi connectivity index (χ3n) is 3.25. The quantitative estimate of drug-likeness (QED) is 0.499. The van der Waals surface area contributed by atoms with Gasteiger partial charge in [0, 0.05) is 10.0 Å². The highest BCUT2D eigenvalue weighted by Gasteiger charge is 2.22. The first-order valence-electron chi connectivity index (χ1n) is 7.35. The molecule has 126 valence electrons. The SMILES string of the molecule is CCOc1ccc(C(=O)[C@@H](C)OC(=O)c2cc(Br)ccc2Cl)cc1. The first-order chi connectivity index (χ1) is 11.4. The van der Waals surface area contributed by atoms with Crippen molar-refractivity contribution in [1.82, 2.24) is 0 Å². The van der Waals surface area contributed by atoms with Crippen LogP contribution in [0.25, 0.3) is 0 Å². The predicted molar refractivity (Wildman–Crippen MR) is 96.0 cm³/mol. The molecule has 1 atom stereocenters. The van der Waals surface area contributed by atoms with Crippen molar-refractivity contribution in [3.8, 4) is 5.75 Å². The standard InChI is InChI=1S/C18H16BrClO4/c1-3-23-14-7-4-12(5-8-14)17(21)11(2)24-18(22)15-10-13(19)6-9-16(15)20/h4-11H,3H2,1-2H3/t11-/m1/s1. The number of Topliss-reactive ketones (excluding diaryl/α,β-unsaturated/α-hetero) is 1. The first-order valence-corrected chi connectivity index (χ1v) is 8.52. The van der Waals surface area contributed by atoms with E-state index in [1.807, 2.05) is 6.92 Å². The second-order valence-corrected chi connectivity index (χ2v) is 6.32. The lowest BCUT2D eigenvalue weighted by Crippen LogP contribution is -2.24. The van der Waals surface area contributed by atoms with Gasteiger partial charge in [-0.3, -0.25) is 4.79 Å². The van der Waals surface area contributed by atoms with Crippen LogP contribution in [0.1, 0.15) is 34.6 Å². The molecular weight excluding hydrogens is 396 g/mol. The molecule has 0 N–H and O–H groups in total. The zero-order valence-electron chi connectivity index (χ0n) is 13.2. The number of benzene rings is 2. The van der Waals surface area contributed by atoms with Crippen LogP contribution in [-0.4, -0.2) is 24.5 Å². The number of ketones is 1. The third-order valence-corrected chi connectivity index (χ3v) is 4.07. The van der Waals surface area contributed by atoms with Gasteiger partial charge >= 0.3 is 5.97 Å². The molecule has 24 heavy (non-hydrogen) atoms. The Hall–Kier alpha value is -1.85. The lowest BCUT2D eigenvalue weighted by Gasteiger charge is -2.13. The van der Waals surface area contributed by atoms with Gasteiger partial charge in [-0.1, -0.05) is 27.5 Å². The topological polar surface area (TPSA) is 52.6 Å². The van der Waals surface area contributed by atoms with Crippen molar-refractivity contribution in [2.45, 2.75) is 20.0 Å². The molecule has 0 spiro atoms. The van der Waals surface area contributed by atoms with Crippen molar-refractivity contribution >= 4 is 39.3 Å². The Balaban J connectivity index is 2.08. The average molecular weight is 412 g/mol. The van der Waals surface area contributed by atoms with Gasteiger partial charge in [0.2, 0.25) is 5.78 Å². The molecule has 0 heterocycles. The zero-order chi connectivity index (χ0) is 17.7. The number of halogens is 2. The van der Waals surface area contributed by atoms with Gasteiger partial charge in [0.25, 0.3) is 0 Å². The summed E-state index contributed by atoms with van der Waals surface area (Å²) in [5.41, 5.74) is 0.650. The van der Waals surface area contributed by atoms with Crippen LogP contribution in [0.3, 0.4) is 0 Å². The van der Waals surface area contributed by atoms with Crippen LogP contribution in [0, 0.1) is 0 Å². The fourth-order valence-electron chi connectivity index (χ4n) is 2.05. The minimum absolute atomic E-state index is 0.206. The van der Waals surface area contributed by atoms with E-state index < -0.39 is 12.1 Å². The molecular formula is C18H16BrClO4. The highest BCUT2D eigenvalue weighted by molar-refractivity contribution is 9.10. The highest BCUT2D eigenvalue weighted by atomic mass is 79.9. The molecule has 2 rings (SSSR count). The van der Waals surface area contributed by atoms with Gasteiger partial charge in [-0.25, -0.2) is 4.79 Å². The fourth-order valence-corrected chi connectivity index (χ4v) is 2.60. The molecule has 0 bridgehead atoms. The van der Waals surface area contributed by atoms with Gasteiger partial charge in [-0.05, 0) is 56.3 Å². The van der Waals surface area contributed by atoms with Crippen LogP contribution >= 0.6 is 27.5 Å². The summed E-state index contributed by atoms with van der Waals surface area (Å²) < 4.78 is 11.3. The van der Waals surface area contributed by atoms with E-state index in [2.05, 4.69) is 15.9 Å². The van der Waals surface area contributed by atoms with Crippen LogP contribution in [0.4, 0.5) is 0 Å². The van der Waals surface area contributed by atoms with Gasteiger partial charge in [0.05, 0.1) is 17.2 Å². The molecule has 2 aromatic carbocycles. The van der Waals surface area contributed by atoms with Gasteiger partial charge in [0.1, 0.15) is 5.75 Å². The normalized spacial score (nSPS) is 11.7. The number of esters is 1. The van der Waals surface area contributed by atoms with E-state index in [0.717, 1.165) is 0 Å². The van der Waals surface area contributed by atoms with Crippen molar-refractivity contribution in [2.75, 3.05) is 6.61 Å². The molecule has 2 aromatic rings. The van der Waals surface area contributed by atoms with Crippen molar-refractivity contribution in [2.24, 2.45) is 0 Å². The van der Waals surface area contributed by atoms with Crippen molar-refractivity contribution in [3.05, 3.63) is 63.1 Å². The maximum absolute atomic E-state index is 12.4. The van der Waals surface area contributed by atoms with Crippen LogP contribution in [0.2, 0.25) is 5.02 Å². The van der Waals surface area contributed by atoms with E-state index in [1.165, 1.54) is 6.92 Å². The third kappa shape index (κ3) is 4.58. The van der Waals surface area contributed by atoms with E-state index in [1.54, 1.807) is 42.5 Å². The van der Waals surface area contributed by atoms with Gasteiger partial charge < -0.3 is 9.47 Å². The number of ether oxygens (including phenoxy) is 2. The van der Waals surface area contributed by atoms with E-state index in [4.69, 9.17) is 21.1 Å². The highest BCUT2D eigenvalue weighted by Crippen LogP contribution is 2.22. The Morgan fingerprint density at radius 2 is 1.83 bits per heavy atom. The Kier molecular flexibility index (Phi) is 6.40. The Morgan fingerprint density at radius 3 is 2.46 bits per heavy atom. The minimum Gasteiger partial charge on any atom is -0.494 e. The maximum Gasteiger partial charge on any atom is 0.340 e. The molecule has 6 heteroatoms. The zero-order valence-corrected chi connectivity index (χ0v) is 15.6. The summed E-state index contributed by atoms with van der Waals surface area (Å²) in [7, 11) is 0. The van der Waals surface area contributed by atoms with Gasteiger partial charge in [-0.2, -0.15) is 0 Å². The Bertz CT molecular complexity index is 743. The smallest absolute Gasteiger partial charge is 0.340 e. The van der Waals surface area contributed by atoms with E-state index >= 15 is 0 Å². The summed E-state index contributed by atoms with van der Waals surface area (Å²) in [5.74, 6) is -0.259. The van der Waals surface area contributed by atoms with E-state index in [-0.39, 0.29) is 16.4 Å². The van der Waals surface area contributed by atoms with E-state index in [9.17, 15) is 9.59 Å². The lowest BCUT2D eigenvalue weighted by molar-refractivity contribution is 0.0319. The van der Waals surface area contributed by atoms with Crippen LogP contribution in [0.5, 0.6) is 5.75 Å². The number of rotatable bonds is 6. The van der Waals surface area contributed by atoms with Crippen molar-refractivity contribution in [3.63, 3.8) is 0 Å². The van der Waals surface area contributed by atoms with Crippen molar-refractivity contribution in [1.29, 1.82) is 0 Å². The molecule has 0 fully saturated rings. The summed E-state index contributed by atoms with van der Waals surface area (Å²) in [6.07, 6.45) is -0.925. The second-order valence-electron chi connectivity index (χ2n) is 4.99. The van der Waals surface area contributed by atoms with Crippen LogP contribution in [-0.2, 0) is 4.74 Å². The molecule has 0 aliphatic heterocycles. The Labute approximate surface area is 153 Å². The average Bonchev–Trinajstić information content (AvgIpc) is 2.57. The molecule has 4 nitrogen and oxygen atoms in total. The summed E-state index contributed by atoms with van der Waals surface area (Å²) in [5, 5.41) is 0.268. The van der Waals surface area contributed by atoms with E-state index in [0.29, 0.717) is 22.4 Å². The summed E-state index contributed by atoms with van der Waals surface area (Å²) in [6, 6.07) is 11.5. The number of carbonyl (C=O) groups excluding carboxylic acids is 2. The molecule has 0 aromatic heterocycles. The monoisotopic (exact) mass is 410 g/mol.